The first kappa shape index (κ1) is 15.5. The topological polar surface area (TPSA) is 65.4 Å². The Hall–Kier alpha value is -3.37. The van der Waals surface area contributed by atoms with E-state index in [0.717, 1.165) is 28.1 Å². The minimum absolute atomic E-state index is 0.612. The van der Waals surface area contributed by atoms with Gasteiger partial charge in [-0.25, -0.2) is 0 Å². The molecule has 3 rings (SSSR count). The molecule has 0 spiro atoms. The van der Waals surface area contributed by atoms with E-state index in [1.165, 1.54) is 0 Å². The van der Waals surface area contributed by atoms with Crippen LogP contribution in [0, 0.1) is 36.5 Å². The summed E-state index contributed by atoms with van der Waals surface area (Å²) in [6.45, 7) is 4.67. The van der Waals surface area contributed by atoms with Gasteiger partial charge >= 0.3 is 0 Å². The second kappa shape index (κ2) is 6.40. The summed E-state index contributed by atoms with van der Waals surface area (Å²) in [6.07, 6.45) is 3.59. The van der Waals surface area contributed by atoms with Gasteiger partial charge in [-0.3, -0.25) is 4.98 Å². The highest BCUT2D eigenvalue weighted by Gasteiger charge is 2.19. The Kier molecular flexibility index (Phi) is 4.14. The minimum atomic E-state index is 0.612. The van der Waals surface area contributed by atoms with E-state index in [9.17, 15) is 5.26 Å². The van der Waals surface area contributed by atoms with Gasteiger partial charge in [-0.15, -0.1) is 0 Å². The van der Waals surface area contributed by atoms with Gasteiger partial charge in [0.05, 0.1) is 17.2 Å². The molecule has 0 fully saturated rings. The van der Waals surface area contributed by atoms with Crippen LogP contribution in [-0.4, -0.2) is 9.55 Å². The van der Waals surface area contributed by atoms with E-state index in [4.69, 9.17) is 5.26 Å². The molecule has 0 aliphatic heterocycles. The molecule has 0 saturated carbocycles. The predicted molar refractivity (Wildman–Crippen MR) is 92.1 cm³/mol. The number of aromatic nitrogens is 2. The zero-order valence-electron chi connectivity index (χ0n) is 13.6. The third-order valence-corrected chi connectivity index (χ3v) is 4.26. The molecule has 0 bridgehead atoms. The van der Waals surface area contributed by atoms with Gasteiger partial charge in [-0.2, -0.15) is 10.5 Å². The maximum absolute atomic E-state index is 9.64. The van der Waals surface area contributed by atoms with Gasteiger partial charge in [0.2, 0.25) is 0 Å². The summed E-state index contributed by atoms with van der Waals surface area (Å²) in [7, 11) is 0. The van der Waals surface area contributed by atoms with Crippen molar-refractivity contribution in [2.24, 2.45) is 0 Å². The zero-order chi connectivity index (χ0) is 17.1. The van der Waals surface area contributed by atoms with Gasteiger partial charge in [-0.1, -0.05) is 18.2 Å². The van der Waals surface area contributed by atoms with Crippen molar-refractivity contribution in [3.05, 3.63) is 76.9 Å². The zero-order valence-corrected chi connectivity index (χ0v) is 13.6. The number of benzene rings is 1. The van der Waals surface area contributed by atoms with Gasteiger partial charge in [0.15, 0.2) is 0 Å². The minimum Gasteiger partial charge on any atom is -0.343 e. The quantitative estimate of drug-likeness (QED) is 0.735. The van der Waals surface area contributed by atoms with Crippen molar-refractivity contribution in [2.75, 3.05) is 0 Å². The summed E-state index contributed by atoms with van der Waals surface area (Å²) in [4.78, 5) is 4.16. The molecular formula is C20H16N4. The molecule has 3 aromatic rings. The molecule has 0 aliphatic carbocycles. The van der Waals surface area contributed by atoms with Gasteiger partial charge in [0.1, 0.15) is 6.07 Å². The van der Waals surface area contributed by atoms with Crippen molar-refractivity contribution in [3.8, 4) is 23.3 Å². The largest absolute Gasteiger partial charge is 0.343 e. The molecule has 0 N–H and O–H groups in total. The first-order valence-corrected chi connectivity index (χ1v) is 7.65. The third kappa shape index (κ3) is 2.66. The lowest BCUT2D eigenvalue weighted by Crippen LogP contribution is -2.04. The smallest absolute Gasteiger partial charge is 0.102 e. The van der Waals surface area contributed by atoms with E-state index in [-0.39, 0.29) is 0 Å². The van der Waals surface area contributed by atoms with Crippen LogP contribution < -0.4 is 0 Å². The average molecular weight is 312 g/mol. The fourth-order valence-electron chi connectivity index (χ4n) is 3.00. The Balaban J connectivity index is 2.12. The molecule has 0 atom stereocenters. The van der Waals surface area contributed by atoms with E-state index >= 15 is 0 Å². The summed E-state index contributed by atoms with van der Waals surface area (Å²) in [5, 5.41) is 18.6. The summed E-state index contributed by atoms with van der Waals surface area (Å²) >= 11 is 0. The number of hydrogen-bond donors (Lipinski definition) is 0. The lowest BCUT2D eigenvalue weighted by molar-refractivity contribution is 0.746. The van der Waals surface area contributed by atoms with E-state index in [1.54, 1.807) is 18.3 Å². The van der Waals surface area contributed by atoms with Crippen LogP contribution in [-0.2, 0) is 6.54 Å². The molecule has 0 amide bonds. The van der Waals surface area contributed by atoms with Gasteiger partial charge in [-0.05, 0) is 43.2 Å². The van der Waals surface area contributed by atoms with Gasteiger partial charge in [0, 0.05) is 35.9 Å². The molecule has 2 heterocycles. The van der Waals surface area contributed by atoms with Crippen LogP contribution >= 0.6 is 0 Å². The van der Waals surface area contributed by atoms with Gasteiger partial charge in [0.25, 0.3) is 0 Å². The van der Waals surface area contributed by atoms with Crippen molar-refractivity contribution >= 4 is 0 Å². The summed E-state index contributed by atoms with van der Waals surface area (Å²) in [5.41, 5.74) is 6.26. The van der Waals surface area contributed by atoms with E-state index in [1.807, 2.05) is 44.3 Å². The predicted octanol–water partition coefficient (Wildman–Crippen LogP) is 3.96. The standard InChI is InChI=1S/C20H16N4/c1-14-19(11-22)20(18-7-5-16(10-21)6-8-18)15(2)24(14)13-17-4-3-9-23-12-17/h3-9,12H,13H2,1-2H3. The lowest BCUT2D eigenvalue weighted by atomic mass is 10.0. The van der Waals surface area contributed by atoms with Gasteiger partial charge < -0.3 is 4.57 Å². The molecule has 1 aromatic carbocycles. The molecule has 4 nitrogen and oxygen atoms in total. The SMILES string of the molecule is Cc1c(C#N)c(-c2ccc(C#N)cc2)c(C)n1Cc1cccnc1. The first-order chi connectivity index (χ1) is 11.7. The summed E-state index contributed by atoms with van der Waals surface area (Å²) in [6, 6.07) is 15.8. The Morgan fingerprint density at radius 1 is 1.00 bits per heavy atom. The molecule has 116 valence electrons. The Morgan fingerprint density at radius 3 is 2.33 bits per heavy atom. The molecule has 0 unspecified atom stereocenters. The second-order valence-corrected chi connectivity index (χ2v) is 5.67. The normalized spacial score (nSPS) is 10.2. The molecular weight excluding hydrogens is 296 g/mol. The van der Waals surface area contributed by atoms with Crippen LogP contribution in [0.2, 0.25) is 0 Å². The van der Waals surface area contributed by atoms with Crippen molar-refractivity contribution in [1.29, 1.82) is 10.5 Å². The molecule has 4 heteroatoms. The number of nitriles is 2. The van der Waals surface area contributed by atoms with Crippen molar-refractivity contribution in [2.45, 2.75) is 20.4 Å². The summed E-state index contributed by atoms with van der Waals surface area (Å²) < 4.78 is 2.14. The number of rotatable bonds is 3. The van der Waals surface area contributed by atoms with Crippen LogP contribution in [0.15, 0.2) is 48.8 Å². The molecule has 0 saturated heterocycles. The van der Waals surface area contributed by atoms with Crippen LogP contribution in [0.25, 0.3) is 11.1 Å². The van der Waals surface area contributed by atoms with Crippen LogP contribution in [0.1, 0.15) is 28.1 Å². The first-order valence-electron chi connectivity index (χ1n) is 7.65. The maximum Gasteiger partial charge on any atom is 0.102 e. The average Bonchev–Trinajstić information content (AvgIpc) is 2.86. The molecule has 0 aliphatic rings. The van der Waals surface area contributed by atoms with E-state index < -0.39 is 0 Å². The Morgan fingerprint density at radius 2 is 1.75 bits per heavy atom. The van der Waals surface area contributed by atoms with Crippen LogP contribution in [0.5, 0.6) is 0 Å². The molecule has 2 aromatic heterocycles. The van der Waals surface area contributed by atoms with Crippen molar-refractivity contribution in [1.82, 2.24) is 9.55 Å². The second-order valence-electron chi connectivity index (χ2n) is 5.67. The van der Waals surface area contributed by atoms with Crippen LogP contribution in [0.3, 0.4) is 0 Å². The highest BCUT2D eigenvalue weighted by Crippen LogP contribution is 2.32. The number of nitrogens with zero attached hydrogens (tertiary/aromatic N) is 4. The molecule has 0 radical (unpaired) electrons. The van der Waals surface area contributed by atoms with Crippen molar-refractivity contribution < 1.29 is 0 Å². The maximum atomic E-state index is 9.64. The highest BCUT2D eigenvalue weighted by atomic mass is 15.0. The highest BCUT2D eigenvalue weighted by molar-refractivity contribution is 5.75. The van der Waals surface area contributed by atoms with Crippen molar-refractivity contribution in [3.63, 3.8) is 0 Å². The van der Waals surface area contributed by atoms with E-state index in [0.29, 0.717) is 17.7 Å². The fourth-order valence-corrected chi connectivity index (χ4v) is 3.00. The fraction of sp³-hybridized carbons (Fsp3) is 0.150. The number of hydrogen-bond acceptors (Lipinski definition) is 3. The monoisotopic (exact) mass is 312 g/mol. The van der Waals surface area contributed by atoms with Crippen LogP contribution in [0.4, 0.5) is 0 Å². The Bertz CT molecular complexity index is 952. The van der Waals surface area contributed by atoms with E-state index in [2.05, 4.69) is 21.7 Å². The summed E-state index contributed by atoms with van der Waals surface area (Å²) in [5.74, 6) is 0. The lowest BCUT2D eigenvalue weighted by Gasteiger charge is -2.09. The molecule has 24 heavy (non-hydrogen) atoms. The Labute approximate surface area is 141 Å². The number of pyridine rings is 1. The third-order valence-electron chi connectivity index (χ3n) is 4.26.